The van der Waals surface area contributed by atoms with Gasteiger partial charge in [-0.05, 0) is 17.7 Å². The summed E-state index contributed by atoms with van der Waals surface area (Å²) in [6.07, 6.45) is 0.765. The van der Waals surface area contributed by atoms with Crippen LogP contribution in [0.15, 0.2) is 24.3 Å². The smallest absolute Gasteiger partial charge is 0.180 e. The first-order valence-electron chi connectivity index (χ1n) is 9.57. The largest absolute Gasteiger partial charge is 0.497 e. The summed E-state index contributed by atoms with van der Waals surface area (Å²) in [6, 6.07) is 8.03. The Morgan fingerprint density at radius 3 is 2.82 bits per heavy atom. The summed E-state index contributed by atoms with van der Waals surface area (Å²) < 4.78 is 22.1. The molecule has 0 aliphatic carbocycles. The number of hydrogen-bond acceptors (Lipinski definition) is 8. The van der Waals surface area contributed by atoms with E-state index in [-0.39, 0.29) is 0 Å². The lowest BCUT2D eigenvalue weighted by Gasteiger charge is -2.26. The van der Waals surface area contributed by atoms with Gasteiger partial charge >= 0.3 is 0 Å². The standard InChI is InChI=1S/C20H29N3O4S/c1-24-17-4-2-3-16(13-17)14-19-18(22-20(21)28-19)15-27-12-11-26-10-7-23-5-8-25-9-6-23/h2-4,13H,5-12,14-15H2,1H3,(H2,21,22). The van der Waals surface area contributed by atoms with E-state index >= 15 is 0 Å². The van der Waals surface area contributed by atoms with Crippen LogP contribution in [0, 0.1) is 0 Å². The van der Waals surface area contributed by atoms with Crippen molar-refractivity contribution < 1.29 is 18.9 Å². The highest BCUT2D eigenvalue weighted by atomic mass is 32.1. The van der Waals surface area contributed by atoms with Crippen LogP contribution in [0.5, 0.6) is 5.75 Å². The van der Waals surface area contributed by atoms with E-state index in [2.05, 4.69) is 16.0 Å². The van der Waals surface area contributed by atoms with Crippen molar-refractivity contribution in [1.82, 2.24) is 9.88 Å². The van der Waals surface area contributed by atoms with E-state index in [1.54, 1.807) is 7.11 Å². The van der Waals surface area contributed by atoms with E-state index in [0.29, 0.717) is 31.6 Å². The Morgan fingerprint density at radius 2 is 2.00 bits per heavy atom. The summed E-state index contributed by atoms with van der Waals surface area (Å²) >= 11 is 1.51. The number of ether oxygens (including phenoxy) is 4. The summed E-state index contributed by atoms with van der Waals surface area (Å²) in [7, 11) is 1.67. The minimum absolute atomic E-state index is 0.444. The van der Waals surface area contributed by atoms with E-state index in [9.17, 15) is 0 Å². The third-order valence-electron chi connectivity index (χ3n) is 4.56. The Bertz CT molecular complexity index is 719. The molecule has 0 spiro atoms. The topological polar surface area (TPSA) is 79.1 Å². The zero-order chi connectivity index (χ0) is 19.6. The Hall–Kier alpha value is -1.71. The maximum atomic E-state index is 5.92. The molecule has 2 heterocycles. The molecular weight excluding hydrogens is 378 g/mol. The third-order valence-corrected chi connectivity index (χ3v) is 5.49. The van der Waals surface area contributed by atoms with Crippen molar-refractivity contribution in [3.63, 3.8) is 0 Å². The highest BCUT2D eigenvalue weighted by Crippen LogP contribution is 2.25. The molecule has 0 bridgehead atoms. The number of morpholine rings is 1. The van der Waals surface area contributed by atoms with Crippen molar-refractivity contribution >= 4 is 16.5 Å². The molecule has 154 valence electrons. The van der Waals surface area contributed by atoms with Crippen LogP contribution in [-0.2, 0) is 27.2 Å². The number of thiazole rings is 1. The van der Waals surface area contributed by atoms with Crippen molar-refractivity contribution in [3.05, 3.63) is 40.4 Å². The number of hydrogen-bond donors (Lipinski definition) is 1. The Labute approximate surface area is 170 Å². The summed E-state index contributed by atoms with van der Waals surface area (Å²) in [5.74, 6) is 0.849. The highest BCUT2D eigenvalue weighted by Gasteiger charge is 2.12. The van der Waals surface area contributed by atoms with Crippen LogP contribution in [-0.4, -0.2) is 69.7 Å². The SMILES string of the molecule is COc1cccc(Cc2sc(N)nc2COCCOCCN2CCOCC2)c1. The van der Waals surface area contributed by atoms with Crippen molar-refractivity contribution in [1.29, 1.82) is 0 Å². The number of benzene rings is 1. The van der Waals surface area contributed by atoms with Crippen LogP contribution in [0.1, 0.15) is 16.1 Å². The molecule has 0 unspecified atom stereocenters. The summed E-state index contributed by atoms with van der Waals surface area (Å²) in [6.45, 7) is 6.83. The number of anilines is 1. The summed E-state index contributed by atoms with van der Waals surface area (Å²) in [5.41, 5.74) is 7.98. The monoisotopic (exact) mass is 407 g/mol. The van der Waals surface area contributed by atoms with Gasteiger partial charge in [0.2, 0.25) is 0 Å². The van der Waals surface area contributed by atoms with E-state index in [0.717, 1.165) is 61.2 Å². The number of methoxy groups -OCH3 is 1. The van der Waals surface area contributed by atoms with Crippen LogP contribution in [0.25, 0.3) is 0 Å². The average Bonchev–Trinajstić information content (AvgIpc) is 3.07. The van der Waals surface area contributed by atoms with Gasteiger partial charge in [-0.2, -0.15) is 0 Å². The molecule has 0 atom stereocenters. The van der Waals surface area contributed by atoms with Gasteiger partial charge in [-0.1, -0.05) is 12.1 Å². The van der Waals surface area contributed by atoms with Gasteiger partial charge < -0.3 is 24.7 Å². The molecule has 2 aromatic rings. The van der Waals surface area contributed by atoms with E-state index in [1.807, 2.05) is 18.2 Å². The number of rotatable bonds is 11. The van der Waals surface area contributed by atoms with Gasteiger partial charge in [0.05, 0.1) is 52.4 Å². The third kappa shape index (κ3) is 6.72. The highest BCUT2D eigenvalue weighted by molar-refractivity contribution is 7.15. The van der Waals surface area contributed by atoms with E-state index in [1.165, 1.54) is 11.3 Å². The van der Waals surface area contributed by atoms with Crippen molar-refractivity contribution in [2.75, 3.05) is 65.5 Å². The lowest BCUT2D eigenvalue weighted by atomic mass is 10.1. The molecule has 2 N–H and O–H groups in total. The fourth-order valence-electron chi connectivity index (χ4n) is 3.03. The fraction of sp³-hybridized carbons (Fsp3) is 0.550. The number of nitrogen functional groups attached to an aromatic ring is 1. The average molecular weight is 408 g/mol. The van der Waals surface area contributed by atoms with Gasteiger partial charge in [-0.3, -0.25) is 4.90 Å². The van der Waals surface area contributed by atoms with Gasteiger partial charge in [0.15, 0.2) is 5.13 Å². The number of nitrogens with zero attached hydrogens (tertiary/aromatic N) is 2. The van der Waals surface area contributed by atoms with Crippen molar-refractivity contribution in [2.45, 2.75) is 13.0 Å². The zero-order valence-electron chi connectivity index (χ0n) is 16.4. The normalized spacial score (nSPS) is 15.0. The van der Waals surface area contributed by atoms with Gasteiger partial charge in [0.1, 0.15) is 5.75 Å². The molecule has 8 heteroatoms. The first-order valence-corrected chi connectivity index (χ1v) is 10.4. The maximum absolute atomic E-state index is 5.92. The molecule has 1 aliphatic heterocycles. The maximum Gasteiger partial charge on any atom is 0.180 e. The van der Waals surface area contributed by atoms with Gasteiger partial charge in [-0.15, -0.1) is 11.3 Å². The Morgan fingerprint density at radius 1 is 1.18 bits per heavy atom. The van der Waals surface area contributed by atoms with Gasteiger partial charge in [-0.25, -0.2) is 4.98 Å². The fourth-order valence-corrected chi connectivity index (χ4v) is 3.90. The second-order valence-corrected chi connectivity index (χ2v) is 7.68. The second-order valence-electron chi connectivity index (χ2n) is 6.57. The Kier molecular flexibility index (Phi) is 8.50. The van der Waals surface area contributed by atoms with Gasteiger partial charge in [0.25, 0.3) is 0 Å². The first kappa shape index (κ1) is 21.0. The molecule has 1 saturated heterocycles. The molecule has 1 aromatic carbocycles. The molecular formula is C20H29N3O4S. The van der Waals surface area contributed by atoms with Crippen LogP contribution in [0.2, 0.25) is 0 Å². The lowest BCUT2D eigenvalue weighted by Crippen LogP contribution is -2.38. The minimum atomic E-state index is 0.444. The van der Waals surface area contributed by atoms with Crippen LogP contribution >= 0.6 is 11.3 Å². The van der Waals surface area contributed by atoms with E-state index in [4.69, 9.17) is 24.7 Å². The zero-order valence-corrected chi connectivity index (χ0v) is 17.2. The molecule has 1 fully saturated rings. The second kappa shape index (κ2) is 11.3. The van der Waals surface area contributed by atoms with Crippen LogP contribution < -0.4 is 10.5 Å². The predicted molar refractivity (Wildman–Crippen MR) is 110 cm³/mol. The first-order chi connectivity index (χ1) is 13.7. The lowest BCUT2D eigenvalue weighted by molar-refractivity contribution is 0.00553. The number of nitrogens with two attached hydrogens (primary N) is 1. The molecule has 0 saturated carbocycles. The molecule has 0 radical (unpaired) electrons. The molecule has 28 heavy (non-hydrogen) atoms. The van der Waals surface area contributed by atoms with Crippen LogP contribution in [0.4, 0.5) is 5.13 Å². The quantitative estimate of drug-likeness (QED) is 0.572. The number of aromatic nitrogens is 1. The van der Waals surface area contributed by atoms with Crippen molar-refractivity contribution in [3.8, 4) is 5.75 Å². The van der Waals surface area contributed by atoms with Crippen LogP contribution in [0.3, 0.4) is 0 Å². The van der Waals surface area contributed by atoms with Crippen molar-refractivity contribution in [2.24, 2.45) is 0 Å². The molecule has 1 aromatic heterocycles. The van der Waals surface area contributed by atoms with E-state index < -0.39 is 0 Å². The predicted octanol–water partition coefficient (Wildman–Crippen LogP) is 2.19. The molecule has 0 amide bonds. The molecule has 3 rings (SSSR count). The summed E-state index contributed by atoms with van der Waals surface area (Å²) in [4.78, 5) is 7.90. The Balaban J connectivity index is 1.37. The molecule has 1 aliphatic rings. The molecule has 7 nitrogen and oxygen atoms in total. The summed E-state index contributed by atoms with van der Waals surface area (Å²) in [5, 5.41) is 0.568. The minimum Gasteiger partial charge on any atom is -0.497 e. The van der Waals surface area contributed by atoms with Gasteiger partial charge in [0, 0.05) is 30.9 Å².